The Labute approximate surface area is 104 Å². The minimum Gasteiger partial charge on any atom is -0.464 e. The maximum Gasteiger partial charge on any atom is 0.416 e. The predicted molar refractivity (Wildman–Crippen MR) is 59.7 cm³/mol. The van der Waals surface area contributed by atoms with Gasteiger partial charge in [0.05, 0.1) is 17.7 Å². The molecular weight excluding hydrogens is 271 g/mol. The molecule has 0 aliphatic rings. The summed E-state index contributed by atoms with van der Waals surface area (Å²) in [5.74, 6) is -0.671. The first kappa shape index (κ1) is 12.8. The molecule has 0 saturated heterocycles. The molecule has 0 aliphatic heterocycles. The number of halogens is 4. The van der Waals surface area contributed by atoms with Gasteiger partial charge in [-0.05, 0) is 18.2 Å². The van der Waals surface area contributed by atoms with Crippen LogP contribution in [0.2, 0.25) is 5.02 Å². The molecule has 2 rings (SSSR count). The number of H-pyrrole nitrogens is 1. The maximum absolute atomic E-state index is 12.6. The minimum absolute atomic E-state index is 0.0497. The van der Waals surface area contributed by atoms with Crippen LogP contribution in [-0.2, 0) is 10.9 Å². The third-order valence-corrected chi connectivity index (χ3v) is 2.73. The number of fused-ring (bicyclic) bond motifs is 1. The smallest absolute Gasteiger partial charge is 0.416 e. The van der Waals surface area contributed by atoms with Gasteiger partial charge in [-0.3, -0.25) is 0 Å². The first-order valence-electron chi connectivity index (χ1n) is 4.80. The van der Waals surface area contributed by atoms with E-state index < -0.39 is 17.7 Å². The highest BCUT2D eigenvalue weighted by Crippen LogP contribution is 2.35. The SMILES string of the molecule is COC(=O)c1cc2c(Cl)cc(C(F)(F)F)cc2[nH]1. The fourth-order valence-electron chi connectivity index (χ4n) is 1.58. The molecule has 0 amide bonds. The van der Waals surface area contributed by atoms with E-state index >= 15 is 0 Å². The van der Waals surface area contributed by atoms with Crippen LogP contribution in [0.5, 0.6) is 0 Å². The van der Waals surface area contributed by atoms with Gasteiger partial charge < -0.3 is 9.72 Å². The van der Waals surface area contributed by atoms with Gasteiger partial charge in [0.15, 0.2) is 0 Å². The zero-order chi connectivity index (χ0) is 13.5. The van der Waals surface area contributed by atoms with E-state index in [2.05, 4.69) is 9.72 Å². The second-order valence-corrected chi connectivity index (χ2v) is 4.00. The van der Waals surface area contributed by atoms with Gasteiger partial charge in [0.25, 0.3) is 0 Å². The molecule has 0 bridgehead atoms. The first-order chi connectivity index (χ1) is 8.32. The summed E-state index contributed by atoms with van der Waals surface area (Å²) in [6.45, 7) is 0. The van der Waals surface area contributed by atoms with Crippen LogP contribution < -0.4 is 0 Å². The van der Waals surface area contributed by atoms with Gasteiger partial charge in [-0.2, -0.15) is 13.2 Å². The Bertz CT molecular complexity index is 619. The zero-order valence-electron chi connectivity index (χ0n) is 9.06. The summed E-state index contributed by atoms with van der Waals surface area (Å²) in [6.07, 6.45) is -4.49. The summed E-state index contributed by atoms with van der Waals surface area (Å²) in [6, 6.07) is 3.07. The van der Waals surface area contributed by atoms with Crippen molar-refractivity contribution in [2.24, 2.45) is 0 Å². The van der Waals surface area contributed by atoms with Crippen LogP contribution >= 0.6 is 11.6 Å². The van der Waals surface area contributed by atoms with E-state index in [1.54, 1.807) is 0 Å². The Kier molecular flexibility index (Phi) is 2.98. The lowest BCUT2D eigenvalue weighted by molar-refractivity contribution is -0.137. The fraction of sp³-hybridized carbons (Fsp3) is 0.182. The molecule has 0 fully saturated rings. The molecule has 0 unspecified atom stereocenters. The number of aromatic amines is 1. The molecule has 7 heteroatoms. The number of alkyl halides is 3. The van der Waals surface area contributed by atoms with Crippen molar-refractivity contribution in [3.63, 3.8) is 0 Å². The number of benzene rings is 1. The summed E-state index contributed by atoms with van der Waals surface area (Å²) < 4.78 is 42.2. The molecule has 18 heavy (non-hydrogen) atoms. The average Bonchev–Trinajstić information content (AvgIpc) is 2.71. The highest BCUT2D eigenvalue weighted by molar-refractivity contribution is 6.35. The third kappa shape index (κ3) is 2.15. The number of aromatic nitrogens is 1. The molecule has 0 atom stereocenters. The van der Waals surface area contributed by atoms with Gasteiger partial charge >= 0.3 is 12.1 Å². The van der Waals surface area contributed by atoms with Gasteiger partial charge in [0.1, 0.15) is 5.69 Å². The summed E-state index contributed by atoms with van der Waals surface area (Å²) in [4.78, 5) is 13.8. The van der Waals surface area contributed by atoms with Crippen LogP contribution in [0, 0.1) is 0 Å². The van der Waals surface area contributed by atoms with E-state index in [0.717, 1.165) is 12.1 Å². The molecule has 3 nitrogen and oxygen atoms in total. The Morgan fingerprint density at radius 2 is 2.00 bits per heavy atom. The molecule has 1 aromatic carbocycles. The van der Waals surface area contributed by atoms with Crippen molar-refractivity contribution in [3.8, 4) is 0 Å². The Hall–Kier alpha value is -1.69. The lowest BCUT2D eigenvalue weighted by Crippen LogP contribution is -2.04. The van der Waals surface area contributed by atoms with E-state index in [1.165, 1.54) is 13.2 Å². The van der Waals surface area contributed by atoms with Crippen LogP contribution in [0.3, 0.4) is 0 Å². The van der Waals surface area contributed by atoms with Crippen LogP contribution in [0.4, 0.5) is 13.2 Å². The maximum atomic E-state index is 12.6. The number of carbonyl (C=O) groups excluding carboxylic acids is 1. The monoisotopic (exact) mass is 277 g/mol. The van der Waals surface area contributed by atoms with Gasteiger partial charge in [0, 0.05) is 10.9 Å². The van der Waals surface area contributed by atoms with E-state index in [9.17, 15) is 18.0 Å². The molecule has 0 radical (unpaired) electrons. The van der Waals surface area contributed by atoms with Crippen LogP contribution in [-0.4, -0.2) is 18.1 Å². The lowest BCUT2D eigenvalue weighted by atomic mass is 10.1. The second kappa shape index (κ2) is 4.20. The number of methoxy groups -OCH3 is 1. The van der Waals surface area contributed by atoms with Crippen molar-refractivity contribution in [2.45, 2.75) is 6.18 Å². The molecule has 96 valence electrons. The normalized spacial score (nSPS) is 11.8. The van der Waals surface area contributed by atoms with Crippen molar-refractivity contribution in [1.82, 2.24) is 4.98 Å². The van der Waals surface area contributed by atoms with Gasteiger partial charge in [-0.1, -0.05) is 11.6 Å². The summed E-state index contributed by atoms with van der Waals surface area (Å²) in [7, 11) is 1.18. The number of hydrogen-bond acceptors (Lipinski definition) is 2. The molecule has 2 aromatic rings. The topological polar surface area (TPSA) is 42.1 Å². The number of esters is 1. The second-order valence-electron chi connectivity index (χ2n) is 3.59. The van der Waals surface area contributed by atoms with Crippen LogP contribution in [0.25, 0.3) is 10.9 Å². The predicted octanol–water partition coefficient (Wildman–Crippen LogP) is 3.63. The van der Waals surface area contributed by atoms with Crippen LogP contribution in [0.1, 0.15) is 16.1 Å². The van der Waals surface area contributed by atoms with E-state index in [0.29, 0.717) is 5.39 Å². The quantitative estimate of drug-likeness (QED) is 0.809. The molecule has 1 aromatic heterocycles. The van der Waals surface area contributed by atoms with Gasteiger partial charge in [0.2, 0.25) is 0 Å². The van der Waals surface area contributed by atoms with E-state index in [-0.39, 0.29) is 16.2 Å². The molecular formula is C11H7ClF3NO2. The van der Waals surface area contributed by atoms with Crippen LogP contribution in [0.15, 0.2) is 18.2 Å². The highest BCUT2D eigenvalue weighted by Gasteiger charge is 2.31. The molecule has 0 spiro atoms. The van der Waals surface area contributed by atoms with Gasteiger partial charge in [-0.15, -0.1) is 0 Å². The number of carbonyl (C=O) groups is 1. The molecule has 0 aliphatic carbocycles. The summed E-state index contributed by atoms with van der Waals surface area (Å²) in [5, 5.41) is 0.260. The number of ether oxygens (including phenoxy) is 1. The Morgan fingerprint density at radius 3 is 2.56 bits per heavy atom. The minimum atomic E-state index is -4.49. The lowest BCUT2D eigenvalue weighted by Gasteiger charge is -2.07. The highest BCUT2D eigenvalue weighted by atomic mass is 35.5. The summed E-state index contributed by atoms with van der Waals surface area (Å²) >= 11 is 5.76. The van der Waals surface area contributed by atoms with E-state index in [1.807, 2.05) is 0 Å². The van der Waals surface area contributed by atoms with Gasteiger partial charge in [-0.25, -0.2) is 4.79 Å². The number of hydrogen-bond donors (Lipinski definition) is 1. The summed E-state index contributed by atoms with van der Waals surface area (Å²) in [5.41, 5.74) is -0.692. The largest absolute Gasteiger partial charge is 0.464 e. The Balaban J connectivity index is 2.63. The molecule has 0 saturated carbocycles. The third-order valence-electron chi connectivity index (χ3n) is 2.42. The van der Waals surface area contributed by atoms with Crippen molar-refractivity contribution < 1.29 is 22.7 Å². The standard InChI is InChI=1S/C11H7ClF3NO2/c1-18-10(17)9-4-6-7(12)2-5(11(13,14)15)3-8(6)16-9/h2-4,16H,1H3. The average molecular weight is 278 g/mol. The van der Waals surface area contributed by atoms with E-state index in [4.69, 9.17) is 11.6 Å². The number of nitrogens with one attached hydrogen (secondary N) is 1. The first-order valence-corrected chi connectivity index (χ1v) is 5.18. The molecule has 1 heterocycles. The zero-order valence-corrected chi connectivity index (χ0v) is 9.82. The van der Waals surface area contributed by atoms with Crippen molar-refractivity contribution >= 4 is 28.5 Å². The molecule has 1 N–H and O–H groups in total. The fourth-order valence-corrected chi connectivity index (χ4v) is 1.85. The van der Waals surface area contributed by atoms with Crippen molar-refractivity contribution in [1.29, 1.82) is 0 Å². The number of rotatable bonds is 1. The van der Waals surface area contributed by atoms with Crippen molar-refractivity contribution in [2.75, 3.05) is 7.11 Å². The Morgan fingerprint density at radius 1 is 1.33 bits per heavy atom. The van der Waals surface area contributed by atoms with Crippen molar-refractivity contribution in [3.05, 3.63) is 34.5 Å².